The van der Waals surface area contributed by atoms with Crippen molar-refractivity contribution >= 4 is 10.8 Å². The third-order valence-electron chi connectivity index (χ3n) is 3.66. The standard InChI is InChI=1S/C17H23N/c1-3-7-13(2)12-17(18)16-11-6-9-14-8-4-5-10-15(14)16/h4-6,8-11,13,17H,3,7,12,18H2,1-2H3. The van der Waals surface area contributed by atoms with Crippen molar-refractivity contribution in [1.82, 2.24) is 0 Å². The fourth-order valence-electron chi connectivity index (χ4n) is 2.74. The monoisotopic (exact) mass is 241 g/mol. The van der Waals surface area contributed by atoms with Crippen LogP contribution in [0.4, 0.5) is 0 Å². The van der Waals surface area contributed by atoms with Gasteiger partial charge in [0.05, 0.1) is 0 Å². The van der Waals surface area contributed by atoms with E-state index < -0.39 is 0 Å². The van der Waals surface area contributed by atoms with E-state index in [1.165, 1.54) is 29.2 Å². The van der Waals surface area contributed by atoms with E-state index in [9.17, 15) is 0 Å². The summed E-state index contributed by atoms with van der Waals surface area (Å²) in [5.74, 6) is 0.698. The Labute approximate surface area is 110 Å². The molecule has 2 atom stereocenters. The van der Waals surface area contributed by atoms with E-state index in [1.807, 2.05) is 0 Å². The molecule has 0 aromatic heterocycles. The highest BCUT2D eigenvalue weighted by Gasteiger charge is 2.12. The summed E-state index contributed by atoms with van der Waals surface area (Å²) >= 11 is 0. The Kier molecular flexibility index (Phi) is 4.38. The molecule has 1 heteroatoms. The molecule has 0 heterocycles. The average Bonchev–Trinajstić information content (AvgIpc) is 2.38. The molecule has 0 aliphatic rings. The van der Waals surface area contributed by atoms with Crippen molar-refractivity contribution in [3.05, 3.63) is 48.0 Å². The second-order valence-corrected chi connectivity index (χ2v) is 5.30. The van der Waals surface area contributed by atoms with Crippen LogP contribution < -0.4 is 5.73 Å². The van der Waals surface area contributed by atoms with Crippen LogP contribution in [-0.2, 0) is 0 Å². The minimum Gasteiger partial charge on any atom is -0.324 e. The molecule has 0 radical (unpaired) electrons. The predicted octanol–water partition coefficient (Wildman–Crippen LogP) is 4.67. The van der Waals surface area contributed by atoms with Gasteiger partial charge in [-0.25, -0.2) is 0 Å². The summed E-state index contributed by atoms with van der Waals surface area (Å²) in [6.07, 6.45) is 3.57. The number of hydrogen-bond acceptors (Lipinski definition) is 1. The average molecular weight is 241 g/mol. The highest BCUT2D eigenvalue weighted by atomic mass is 14.6. The van der Waals surface area contributed by atoms with Crippen LogP contribution in [0.25, 0.3) is 10.8 Å². The number of hydrogen-bond donors (Lipinski definition) is 1. The summed E-state index contributed by atoms with van der Waals surface area (Å²) in [5.41, 5.74) is 7.68. The van der Waals surface area contributed by atoms with Crippen LogP contribution in [0.1, 0.15) is 44.7 Å². The van der Waals surface area contributed by atoms with E-state index in [-0.39, 0.29) is 6.04 Å². The second-order valence-electron chi connectivity index (χ2n) is 5.30. The first kappa shape index (κ1) is 13.1. The van der Waals surface area contributed by atoms with Crippen LogP contribution in [0.15, 0.2) is 42.5 Å². The Morgan fingerprint density at radius 2 is 1.78 bits per heavy atom. The molecule has 0 amide bonds. The van der Waals surface area contributed by atoms with Crippen LogP contribution in [0.5, 0.6) is 0 Å². The zero-order valence-electron chi connectivity index (χ0n) is 11.4. The summed E-state index contributed by atoms with van der Waals surface area (Å²) in [6, 6.07) is 15.1. The third-order valence-corrected chi connectivity index (χ3v) is 3.66. The van der Waals surface area contributed by atoms with Crippen LogP contribution in [0.2, 0.25) is 0 Å². The van der Waals surface area contributed by atoms with Gasteiger partial charge in [-0.1, -0.05) is 69.2 Å². The molecule has 0 aliphatic heterocycles. The maximum absolute atomic E-state index is 6.39. The van der Waals surface area contributed by atoms with E-state index in [0.717, 1.165) is 6.42 Å². The van der Waals surface area contributed by atoms with Crippen LogP contribution in [0, 0.1) is 5.92 Å². The van der Waals surface area contributed by atoms with Crippen molar-refractivity contribution in [3.8, 4) is 0 Å². The molecule has 0 spiro atoms. The molecule has 2 N–H and O–H groups in total. The molecule has 1 nitrogen and oxygen atoms in total. The van der Waals surface area contributed by atoms with E-state index in [1.54, 1.807) is 0 Å². The quantitative estimate of drug-likeness (QED) is 0.809. The van der Waals surface area contributed by atoms with Gasteiger partial charge in [0, 0.05) is 6.04 Å². The lowest BCUT2D eigenvalue weighted by Gasteiger charge is -2.18. The molecular weight excluding hydrogens is 218 g/mol. The van der Waals surface area contributed by atoms with Gasteiger partial charge in [-0.3, -0.25) is 0 Å². The Bertz CT molecular complexity index is 498. The highest BCUT2D eigenvalue weighted by Crippen LogP contribution is 2.27. The van der Waals surface area contributed by atoms with Crippen molar-refractivity contribution in [2.24, 2.45) is 11.7 Å². The van der Waals surface area contributed by atoms with Gasteiger partial charge >= 0.3 is 0 Å². The van der Waals surface area contributed by atoms with Crippen molar-refractivity contribution in [2.45, 2.75) is 39.2 Å². The van der Waals surface area contributed by atoms with Crippen LogP contribution >= 0.6 is 0 Å². The second kappa shape index (κ2) is 6.01. The van der Waals surface area contributed by atoms with Gasteiger partial charge < -0.3 is 5.73 Å². The summed E-state index contributed by atoms with van der Waals surface area (Å²) in [5, 5.41) is 2.59. The molecule has 0 saturated heterocycles. The zero-order chi connectivity index (χ0) is 13.0. The molecule has 2 rings (SSSR count). The Morgan fingerprint density at radius 1 is 1.06 bits per heavy atom. The lowest BCUT2D eigenvalue weighted by atomic mass is 9.91. The molecule has 18 heavy (non-hydrogen) atoms. The minimum atomic E-state index is 0.151. The molecular formula is C17H23N. The van der Waals surface area contributed by atoms with Gasteiger partial charge in [0.1, 0.15) is 0 Å². The van der Waals surface area contributed by atoms with Crippen molar-refractivity contribution in [3.63, 3.8) is 0 Å². The molecule has 0 aliphatic carbocycles. The molecule has 96 valence electrons. The van der Waals surface area contributed by atoms with E-state index >= 15 is 0 Å². The molecule has 2 unspecified atom stereocenters. The fourth-order valence-corrected chi connectivity index (χ4v) is 2.74. The Hall–Kier alpha value is -1.34. The lowest BCUT2D eigenvalue weighted by molar-refractivity contribution is 0.441. The van der Waals surface area contributed by atoms with Crippen LogP contribution in [-0.4, -0.2) is 0 Å². The van der Waals surface area contributed by atoms with E-state index in [0.29, 0.717) is 5.92 Å². The first-order valence-corrected chi connectivity index (χ1v) is 6.95. The number of benzene rings is 2. The molecule has 0 bridgehead atoms. The van der Waals surface area contributed by atoms with Crippen molar-refractivity contribution in [1.29, 1.82) is 0 Å². The largest absolute Gasteiger partial charge is 0.324 e. The summed E-state index contributed by atoms with van der Waals surface area (Å²) in [4.78, 5) is 0. The van der Waals surface area contributed by atoms with E-state index in [4.69, 9.17) is 5.73 Å². The molecule has 2 aromatic rings. The smallest absolute Gasteiger partial charge is 0.0303 e. The van der Waals surface area contributed by atoms with E-state index in [2.05, 4.69) is 56.3 Å². The Morgan fingerprint density at radius 3 is 2.56 bits per heavy atom. The summed E-state index contributed by atoms with van der Waals surface area (Å²) < 4.78 is 0. The summed E-state index contributed by atoms with van der Waals surface area (Å²) in [7, 11) is 0. The maximum Gasteiger partial charge on any atom is 0.0303 e. The topological polar surface area (TPSA) is 26.0 Å². The van der Waals surface area contributed by atoms with Gasteiger partial charge in [0.15, 0.2) is 0 Å². The van der Waals surface area contributed by atoms with Gasteiger partial charge in [-0.05, 0) is 28.7 Å². The SMILES string of the molecule is CCCC(C)CC(N)c1cccc2ccccc12. The first-order valence-electron chi connectivity index (χ1n) is 6.95. The van der Waals surface area contributed by atoms with Gasteiger partial charge in [-0.2, -0.15) is 0 Å². The lowest BCUT2D eigenvalue weighted by Crippen LogP contribution is -2.14. The normalized spacial score (nSPS) is 14.6. The third kappa shape index (κ3) is 2.91. The molecule has 0 saturated carbocycles. The minimum absolute atomic E-state index is 0.151. The van der Waals surface area contributed by atoms with Crippen molar-refractivity contribution in [2.75, 3.05) is 0 Å². The van der Waals surface area contributed by atoms with Crippen molar-refractivity contribution < 1.29 is 0 Å². The maximum atomic E-state index is 6.39. The zero-order valence-corrected chi connectivity index (χ0v) is 11.4. The number of fused-ring (bicyclic) bond motifs is 1. The molecule has 2 aromatic carbocycles. The highest BCUT2D eigenvalue weighted by molar-refractivity contribution is 5.86. The number of nitrogens with two attached hydrogens (primary N) is 1. The van der Waals surface area contributed by atoms with Gasteiger partial charge in [-0.15, -0.1) is 0 Å². The fraction of sp³-hybridized carbons (Fsp3) is 0.412. The van der Waals surface area contributed by atoms with Gasteiger partial charge in [0.2, 0.25) is 0 Å². The Balaban J connectivity index is 2.24. The number of rotatable bonds is 5. The first-order chi connectivity index (χ1) is 8.72. The summed E-state index contributed by atoms with van der Waals surface area (Å²) in [6.45, 7) is 4.54. The van der Waals surface area contributed by atoms with Gasteiger partial charge in [0.25, 0.3) is 0 Å². The molecule has 0 fully saturated rings. The van der Waals surface area contributed by atoms with Crippen LogP contribution in [0.3, 0.4) is 0 Å². The predicted molar refractivity (Wildman–Crippen MR) is 79.6 cm³/mol.